The number of nitrogens with zero attached hydrogens (tertiary/aromatic N) is 2. The summed E-state index contributed by atoms with van der Waals surface area (Å²) in [4.78, 5) is 20.9. The molecule has 7 nitrogen and oxygen atoms in total. The fourth-order valence-corrected chi connectivity index (χ4v) is 3.11. The molecule has 2 amide bonds. The minimum atomic E-state index is -0.327. The largest absolute Gasteiger partial charge is 0.497 e. The molecule has 4 aromatic rings. The van der Waals surface area contributed by atoms with Crippen LogP contribution >= 0.6 is 0 Å². The Morgan fingerprint density at radius 2 is 1.50 bits per heavy atom. The molecule has 0 aliphatic rings. The summed E-state index contributed by atoms with van der Waals surface area (Å²) in [5.41, 5.74) is 3.81. The van der Waals surface area contributed by atoms with E-state index in [2.05, 4.69) is 25.9 Å². The van der Waals surface area contributed by atoms with Crippen molar-refractivity contribution in [3.05, 3.63) is 96.8 Å². The molecule has 0 bridgehead atoms. The molecule has 32 heavy (non-hydrogen) atoms. The lowest BCUT2D eigenvalue weighted by molar-refractivity contribution is 0.251. The molecule has 3 N–H and O–H groups in total. The molecule has 0 fully saturated rings. The number of aromatic nitrogens is 2. The molecule has 160 valence electrons. The fourth-order valence-electron chi connectivity index (χ4n) is 3.11. The summed E-state index contributed by atoms with van der Waals surface area (Å²) in [7, 11) is 1.62. The lowest BCUT2D eigenvalue weighted by Crippen LogP contribution is -2.28. The first-order valence-corrected chi connectivity index (χ1v) is 10.1. The fraction of sp³-hybridized carbons (Fsp3) is 0.0800. The number of carbonyl (C=O) groups excluding carboxylic acids is 1. The first kappa shape index (κ1) is 20.9. The molecule has 2 aromatic heterocycles. The molecule has 4 rings (SSSR count). The quantitative estimate of drug-likeness (QED) is 0.378. The van der Waals surface area contributed by atoms with E-state index in [1.165, 1.54) is 0 Å². The summed E-state index contributed by atoms with van der Waals surface area (Å²) < 4.78 is 5.14. The second-order valence-corrected chi connectivity index (χ2v) is 7.01. The van der Waals surface area contributed by atoms with E-state index in [0.717, 1.165) is 33.9 Å². The van der Waals surface area contributed by atoms with Crippen molar-refractivity contribution in [2.24, 2.45) is 0 Å². The van der Waals surface area contributed by atoms with Gasteiger partial charge in [0.1, 0.15) is 17.4 Å². The van der Waals surface area contributed by atoms with Gasteiger partial charge in [-0.1, -0.05) is 30.3 Å². The Morgan fingerprint density at radius 3 is 2.19 bits per heavy atom. The van der Waals surface area contributed by atoms with E-state index in [1.54, 1.807) is 19.5 Å². The van der Waals surface area contributed by atoms with Gasteiger partial charge in [0.2, 0.25) is 0 Å². The second-order valence-electron chi connectivity index (χ2n) is 7.01. The van der Waals surface area contributed by atoms with Crippen LogP contribution in [0.2, 0.25) is 0 Å². The summed E-state index contributed by atoms with van der Waals surface area (Å²) >= 11 is 0. The van der Waals surface area contributed by atoms with Crippen LogP contribution in [0.25, 0.3) is 11.1 Å². The van der Waals surface area contributed by atoms with Crippen molar-refractivity contribution in [1.82, 2.24) is 15.3 Å². The molecular formula is C25H23N5O2. The lowest BCUT2D eigenvalue weighted by Gasteiger charge is -2.10. The molecule has 7 heteroatoms. The third-order valence-electron chi connectivity index (χ3n) is 4.75. The van der Waals surface area contributed by atoms with Gasteiger partial charge in [0.05, 0.1) is 7.11 Å². The maximum absolute atomic E-state index is 12.3. The number of carbonyl (C=O) groups is 1. The van der Waals surface area contributed by atoms with Gasteiger partial charge in [0.25, 0.3) is 0 Å². The highest BCUT2D eigenvalue weighted by atomic mass is 16.5. The zero-order chi connectivity index (χ0) is 22.2. The average molecular weight is 425 g/mol. The molecule has 0 unspecified atom stereocenters. The standard InChI is InChI=1S/C25H23N5O2/c1-32-22-9-7-18(8-10-22)17-28-25(31)30-24-16-20(12-14-27-24)19-11-13-26-23(15-19)29-21-5-3-2-4-6-21/h2-16H,17H2,1H3,(H,26,29)(H2,27,28,30,31). The number of hydrogen-bond donors (Lipinski definition) is 3. The zero-order valence-electron chi connectivity index (χ0n) is 17.6. The Hall–Kier alpha value is -4.39. The van der Waals surface area contributed by atoms with Gasteiger partial charge < -0.3 is 15.4 Å². The molecule has 0 spiro atoms. The Labute approximate surface area is 186 Å². The third kappa shape index (κ3) is 5.60. The van der Waals surface area contributed by atoms with Crippen molar-refractivity contribution < 1.29 is 9.53 Å². The van der Waals surface area contributed by atoms with Crippen LogP contribution in [0.5, 0.6) is 5.75 Å². The zero-order valence-corrected chi connectivity index (χ0v) is 17.6. The smallest absolute Gasteiger partial charge is 0.320 e. The van der Waals surface area contributed by atoms with Gasteiger partial charge in [0.15, 0.2) is 0 Å². The normalized spacial score (nSPS) is 10.3. The van der Waals surface area contributed by atoms with Gasteiger partial charge in [0, 0.05) is 24.6 Å². The van der Waals surface area contributed by atoms with Crippen LogP contribution in [0.4, 0.5) is 22.1 Å². The average Bonchev–Trinajstić information content (AvgIpc) is 2.84. The highest BCUT2D eigenvalue weighted by molar-refractivity contribution is 5.89. The van der Waals surface area contributed by atoms with Crippen LogP contribution in [0.1, 0.15) is 5.56 Å². The molecule has 0 saturated heterocycles. The Kier molecular flexibility index (Phi) is 6.57. The Morgan fingerprint density at radius 1 is 0.844 bits per heavy atom. The Balaban J connectivity index is 1.39. The summed E-state index contributed by atoms with van der Waals surface area (Å²) in [6, 6.07) is 24.6. The van der Waals surface area contributed by atoms with Crippen molar-refractivity contribution in [3.8, 4) is 16.9 Å². The third-order valence-corrected chi connectivity index (χ3v) is 4.75. The highest BCUT2D eigenvalue weighted by Gasteiger charge is 2.06. The molecule has 0 saturated carbocycles. The number of para-hydroxylation sites is 1. The van der Waals surface area contributed by atoms with Gasteiger partial charge in [-0.3, -0.25) is 5.32 Å². The van der Waals surface area contributed by atoms with E-state index in [0.29, 0.717) is 12.4 Å². The van der Waals surface area contributed by atoms with Gasteiger partial charge >= 0.3 is 6.03 Å². The number of amides is 2. The predicted octanol–water partition coefficient (Wildman–Crippen LogP) is 5.22. The van der Waals surface area contributed by atoms with Crippen LogP contribution < -0.4 is 20.7 Å². The first-order valence-electron chi connectivity index (χ1n) is 10.1. The molecule has 0 atom stereocenters. The second kappa shape index (κ2) is 10.1. The van der Waals surface area contributed by atoms with E-state index in [4.69, 9.17) is 4.74 Å². The van der Waals surface area contributed by atoms with Gasteiger partial charge in [-0.05, 0) is 65.2 Å². The predicted molar refractivity (Wildman–Crippen MR) is 126 cm³/mol. The van der Waals surface area contributed by atoms with E-state index in [1.807, 2.05) is 78.9 Å². The first-order chi connectivity index (χ1) is 15.7. The van der Waals surface area contributed by atoms with Crippen molar-refractivity contribution in [1.29, 1.82) is 0 Å². The highest BCUT2D eigenvalue weighted by Crippen LogP contribution is 2.24. The van der Waals surface area contributed by atoms with Crippen LogP contribution in [-0.2, 0) is 6.54 Å². The summed E-state index contributed by atoms with van der Waals surface area (Å²) in [6.07, 6.45) is 3.41. The monoisotopic (exact) mass is 425 g/mol. The van der Waals surface area contributed by atoms with Crippen molar-refractivity contribution >= 4 is 23.4 Å². The van der Waals surface area contributed by atoms with Crippen LogP contribution in [0.15, 0.2) is 91.3 Å². The minimum Gasteiger partial charge on any atom is -0.497 e. The van der Waals surface area contributed by atoms with Gasteiger partial charge in [-0.2, -0.15) is 0 Å². The number of ether oxygens (including phenoxy) is 1. The number of nitrogens with one attached hydrogen (secondary N) is 3. The number of rotatable bonds is 7. The lowest BCUT2D eigenvalue weighted by atomic mass is 10.1. The molecule has 0 aliphatic carbocycles. The molecular weight excluding hydrogens is 402 g/mol. The summed E-state index contributed by atoms with van der Waals surface area (Å²) in [5, 5.41) is 8.90. The maximum Gasteiger partial charge on any atom is 0.320 e. The van der Waals surface area contributed by atoms with Crippen molar-refractivity contribution in [2.45, 2.75) is 6.54 Å². The number of pyridine rings is 2. The van der Waals surface area contributed by atoms with Crippen LogP contribution in [0, 0.1) is 0 Å². The molecule has 0 aliphatic heterocycles. The van der Waals surface area contributed by atoms with Crippen LogP contribution in [0.3, 0.4) is 0 Å². The summed E-state index contributed by atoms with van der Waals surface area (Å²) in [6.45, 7) is 0.397. The van der Waals surface area contributed by atoms with Gasteiger partial charge in [-0.15, -0.1) is 0 Å². The van der Waals surface area contributed by atoms with Crippen molar-refractivity contribution in [3.63, 3.8) is 0 Å². The number of urea groups is 1. The van der Waals surface area contributed by atoms with Crippen LogP contribution in [-0.4, -0.2) is 23.1 Å². The number of benzene rings is 2. The SMILES string of the molecule is COc1ccc(CNC(=O)Nc2cc(-c3ccnc(Nc4ccccc4)c3)ccn2)cc1. The molecule has 2 heterocycles. The number of methoxy groups -OCH3 is 1. The van der Waals surface area contributed by atoms with E-state index in [-0.39, 0.29) is 6.03 Å². The number of hydrogen-bond acceptors (Lipinski definition) is 5. The van der Waals surface area contributed by atoms with E-state index in [9.17, 15) is 4.79 Å². The van der Waals surface area contributed by atoms with E-state index < -0.39 is 0 Å². The molecule has 0 radical (unpaired) electrons. The topological polar surface area (TPSA) is 88.2 Å². The minimum absolute atomic E-state index is 0.327. The maximum atomic E-state index is 12.3. The molecule has 2 aromatic carbocycles. The van der Waals surface area contributed by atoms with Crippen molar-refractivity contribution in [2.75, 3.05) is 17.7 Å². The Bertz CT molecular complexity index is 1180. The summed E-state index contributed by atoms with van der Waals surface area (Å²) in [5.74, 6) is 1.97. The number of anilines is 3. The van der Waals surface area contributed by atoms with E-state index >= 15 is 0 Å². The van der Waals surface area contributed by atoms with Gasteiger partial charge in [-0.25, -0.2) is 14.8 Å².